The van der Waals surface area contributed by atoms with E-state index in [-0.39, 0.29) is 0 Å². The van der Waals surface area contributed by atoms with Gasteiger partial charge in [-0.2, -0.15) is 0 Å². The van der Waals surface area contributed by atoms with Crippen molar-refractivity contribution in [3.8, 4) is 11.3 Å². The van der Waals surface area contributed by atoms with E-state index < -0.39 is 6.10 Å². The van der Waals surface area contributed by atoms with Crippen LogP contribution in [-0.2, 0) is 0 Å². The van der Waals surface area contributed by atoms with Crippen molar-refractivity contribution >= 4 is 22.6 Å². The number of halogens is 1. The van der Waals surface area contributed by atoms with Gasteiger partial charge < -0.3 is 9.52 Å². The van der Waals surface area contributed by atoms with E-state index in [1.165, 1.54) is 0 Å². The topological polar surface area (TPSA) is 33.4 Å². The van der Waals surface area contributed by atoms with Crippen molar-refractivity contribution in [2.75, 3.05) is 0 Å². The molecule has 0 fully saturated rings. The monoisotopic (exact) mass is 348 g/mol. The van der Waals surface area contributed by atoms with E-state index in [0.717, 1.165) is 33.2 Å². The maximum atomic E-state index is 11.1. The lowest BCUT2D eigenvalue weighted by Gasteiger charge is -2.12. The Morgan fingerprint density at radius 2 is 1.64 bits per heavy atom. The van der Waals surface area contributed by atoms with Gasteiger partial charge in [-0.05, 0) is 36.8 Å². The molecule has 124 valence electrons. The van der Waals surface area contributed by atoms with Gasteiger partial charge in [-0.1, -0.05) is 65.7 Å². The fraction of sp³-hybridized carbons (Fsp3) is 0.0909. The summed E-state index contributed by atoms with van der Waals surface area (Å²) in [4.78, 5) is 0. The Bertz CT molecular complexity index is 1020. The van der Waals surface area contributed by atoms with Crippen LogP contribution >= 0.6 is 11.6 Å². The molecule has 4 aromatic rings. The van der Waals surface area contributed by atoms with Crippen LogP contribution in [0.3, 0.4) is 0 Å². The Morgan fingerprint density at radius 3 is 2.36 bits per heavy atom. The Hall–Kier alpha value is -2.55. The van der Waals surface area contributed by atoms with E-state index >= 15 is 0 Å². The summed E-state index contributed by atoms with van der Waals surface area (Å²) >= 11 is 5.98. The Kier molecular flexibility index (Phi) is 4.08. The highest BCUT2D eigenvalue weighted by Crippen LogP contribution is 2.40. The molecule has 1 atom stereocenters. The lowest BCUT2D eigenvalue weighted by molar-refractivity contribution is 0.221. The molecule has 1 heterocycles. The minimum Gasteiger partial charge on any atom is -0.456 e. The number of fused-ring (bicyclic) bond motifs is 1. The van der Waals surface area contributed by atoms with E-state index in [2.05, 4.69) is 6.07 Å². The van der Waals surface area contributed by atoms with Crippen molar-refractivity contribution in [3.63, 3.8) is 0 Å². The number of benzene rings is 3. The van der Waals surface area contributed by atoms with E-state index in [9.17, 15) is 5.11 Å². The van der Waals surface area contributed by atoms with Gasteiger partial charge in [-0.25, -0.2) is 0 Å². The molecule has 4 rings (SSSR count). The lowest BCUT2D eigenvalue weighted by atomic mass is 9.95. The molecule has 0 saturated carbocycles. The lowest BCUT2D eigenvalue weighted by Crippen LogP contribution is -2.00. The molecule has 3 aromatic carbocycles. The largest absolute Gasteiger partial charge is 0.456 e. The van der Waals surface area contributed by atoms with Crippen LogP contribution in [0.4, 0.5) is 0 Å². The summed E-state index contributed by atoms with van der Waals surface area (Å²) < 4.78 is 6.12. The number of aliphatic hydroxyl groups is 1. The Balaban J connectivity index is 1.96. The summed E-state index contributed by atoms with van der Waals surface area (Å²) in [6.07, 6.45) is -0.796. The van der Waals surface area contributed by atoms with Crippen LogP contribution in [0.5, 0.6) is 0 Å². The quantitative estimate of drug-likeness (QED) is 0.482. The van der Waals surface area contributed by atoms with Crippen molar-refractivity contribution in [2.24, 2.45) is 0 Å². The SMILES string of the molecule is Cc1ccc2oc(-c3ccccc3)c(C(O)c3ccc(Cl)cc3)c2c1. The minimum absolute atomic E-state index is 0.645. The number of rotatable bonds is 3. The van der Waals surface area contributed by atoms with Crippen LogP contribution in [0.25, 0.3) is 22.3 Å². The maximum Gasteiger partial charge on any atom is 0.141 e. The van der Waals surface area contributed by atoms with Crippen LogP contribution < -0.4 is 0 Å². The molecule has 1 aromatic heterocycles. The summed E-state index contributed by atoms with van der Waals surface area (Å²) in [5, 5.41) is 12.7. The van der Waals surface area contributed by atoms with Gasteiger partial charge in [0.1, 0.15) is 17.4 Å². The first-order valence-corrected chi connectivity index (χ1v) is 8.53. The number of aliphatic hydroxyl groups excluding tert-OH is 1. The second-order valence-electron chi connectivity index (χ2n) is 6.16. The van der Waals surface area contributed by atoms with Crippen LogP contribution in [0, 0.1) is 6.92 Å². The van der Waals surface area contributed by atoms with E-state index in [1.54, 1.807) is 12.1 Å². The van der Waals surface area contributed by atoms with Gasteiger partial charge in [0.2, 0.25) is 0 Å². The third-order valence-electron chi connectivity index (χ3n) is 4.38. The fourth-order valence-electron chi connectivity index (χ4n) is 3.12. The fourth-order valence-corrected chi connectivity index (χ4v) is 3.24. The molecule has 0 radical (unpaired) electrons. The third kappa shape index (κ3) is 2.95. The van der Waals surface area contributed by atoms with Crippen molar-refractivity contribution < 1.29 is 9.52 Å². The molecular weight excluding hydrogens is 332 g/mol. The van der Waals surface area contributed by atoms with Crippen molar-refractivity contribution in [1.29, 1.82) is 0 Å². The van der Waals surface area contributed by atoms with Gasteiger partial charge in [-0.3, -0.25) is 0 Å². The van der Waals surface area contributed by atoms with Gasteiger partial charge in [-0.15, -0.1) is 0 Å². The second-order valence-corrected chi connectivity index (χ2v) is 6.60. The molecule has 0 saturated heterocycles. The molecular formula is C22H17ClO2. The van der Waals surface area contributed by atoms with Crippen LogP contribution in [0.1, 0.15) is 22.8 Å². The standard InChI is InChI=1S/C22H17ClO2/c1-14-7-12-19-18(13-14)20(21(24)15-8-10-17(23)11-9-15)22(25-19)16-5-3-2-4-6-16/h2-13,21,24H,1H3. The number of hydrogen-bond acceptors (Lipinski definition) is 2. The zero-order valence-corrected chi connectivity index (χ0v) is 14.5. The summed E-state index contributed by atoms with van der Waals surface area (Å²) in [7, 11) is 0. The molecule has 1 unspecified atom stereocenters. The third-order valence-corrected chi connectivity index (χ3v) is 4.63. The number of furan rings is 1. The summed E-state index contributed by atoms with van der Waals surface area (Å²) in [6.45, 7) is 2.03. The first-order valence-electron chi connectivity index (χ1n) is 8.15. The molecule has 0 aliphatic carbocycles. The summed E-state index contributed by atoms with van der Waals surface area (Å²) in [5.41, 5.74) is 4.40. The van der Waals surface area contributed by atoms with Gasteiger partial charge in [0.15, 0.2) is 0 Å². The Labute approximate surface area is 151 Å². The molecule has 25 heavy (non-hydrogen) atoms. The average molecular weight is 349 g/mol. The van der Waals surface area contributed by atoms with Crippen LogP contribution in [0.2, 0.25) is 5.02 Å². The number of aryl methyl sites for hydroxylation is 1. The molecule has 0 aliphatic heterocycles. The van der Waals surface area contributed by atoms with E-state index in [0.29, 0.717) is 10.8 Å². The normalized spacial score (nSPS) is 12.4. The molecule has 0 spiro atoms. The van der Waals surface area contributed by atoms with Crippen molar-refractivity contribution in [3.05, 3.63) is 94.5 Å². The van der Waals surface area contributed by atoms with Crippen LogP contribution in [-0.4, -0.2) is 5.11 Å². The molecule has 3 heteroatoms. The molecule has 0 amide bonds. The Morgan fingerprint density at radius 1 is 0.920 bits per heavy atom. The number of hydrogen-bond donors (Lipinski definition) is 1. The van der Waals surface area contributed by atoms with Crippen molar-refractivity contribution in [1.82, 2.24) is 0 Å². The highest BCUT2D eigenvalue weighted by Gasteiger charge is 2.23. The van der Waals surface area contributed by atoms with Gasteiger partial charge in [0, 0.05) is 21.5 Å². The van der Waals surface area contributed by atoms with E-state index in [1.807, 2.05) is 61.5 Å². The molecule has 1 N–H and O–H groups in total. The average Bonchev–Trinajstić information content (AvgIpc) is 3.01. The maximum absolute atomic E-state index is 11.1. The van der Waals surface area contributed by atoms with Gasteiger partial charge in [0.25, 0.3) is 0 Å². The predicted octanol–water partition coefficient (Wildman–Crippen LogP) is 6.14. The highest BCUT2D eigenvalue weighted by atomic mass is 35.5. The zero-order chi connectivity index (χ0) is 17.4. The van der Waals surface area contributed by atoms with Crippen LogP contribution in [0.15, 0.2) is 77.2 Å². The first kappa shape index (κ1) is 15.9. The summed E-state index contributed by atoms with van der Waals surface area (Å²) in [6, 6.07) is 23.2. The minimum atomic E-state index is -0.796. The molecule has 2 nitrogen and oxygen atoms in total. The molecule has 0 aliphatic rings. The van der Waals surface area contributed by atoms with E-state index in [4.69, 9.17) is 16.0 Å². The second kappa shape index (κ2) is 6.40. The van der Waals surface area contributed by atoms with Gasteiger partial charge >= 0.3 is 0 Å². The predicted molar refractivity (Wildman–Crippen MR) is 102 cm³/mol. The summed E-state index contributed by atoms with van der Waals surface area (Å²) in [5.74, 6) is 0.698. The van der Waals surface area contributed by atoms with Crippen molar-refractivity contribution in [2.45, 2.75) is 13.0 Å². The zero-order valence-electron chi connectivity index (χ0n) is 13.7. The first-order chi connectivity index (χ1) is 12.1. The molecule has 0 bridgehead atoms. The van der Waals surface area contributed by atoms with Gasteiger partial charge in [0.05, 0.1) is 0 Å². The smallest absolute Gasteiger partial charge is 0.141 e. The highest BCUT2D eigenvalue weighted by molar-refractivity contribution is 6.30.